The monoisotopic (exact) mass is 731 g/mol. The third-order valence-corrected chi connectivity index (χ3v) is 16.3. The summed E-state index contributed by atoms with van der Waals surface area (Å²) in [6, 6.07) is 25.8. The predicted octanol–water partition coefficient (Wildman–Crippen LogP) is 15.0. The van der Waals surface area contributed by atoms with Gasteiger partial charge >= 0.3 is 0 Å². The van der Waals surface area contributed by atoms with Crippen molar-refractivity contribution in [1.82, 2.24) is 0 Å². The molecular formula is C51H70OS. The molecular weight excluding hydrogens is 661 g/mol. The molecule has 0 fully saturated rings. The number of rotatable bonds is 11. The minimum atomic E-state index is -1.17. The highest BCUT2D eigenvalue weighted by Crippen LogP contribution is 2.69. The van der Waals surface area contributed by atoms with Gasteiger partial charge in [-0.15, -0.1) is 0 Å². The van der Waals surface area contributed by atoms with Crippen LogP contribution in [0.3, 0.4) is 0 Å². The van der Waals surface area contributed by atoms with E-state index in [1.54, 1.807) is 16.7 Å². The number of benzene rings is 3. The van der Waals surface area contributed by atoms with Crippen LogP contribution in [0, 0.1) is 0 Å². The molecule has 0 saturated heterocycles. The van der Waals surface area contributed by atoms with Crippen molar-refractivity contribution in [3.63, 3.8) is 0 Å². The second-order valence-electron chi connectivity index (χ2n) is 19.0. The van der Waals surface area contributed by atoms with E-state index in [0.717, 1.165) is 25.9 Å². The zero-order chi connectivity index (χ0) is 38.6. The molecule has 2 heteroatoms. The van der Waals surface area contributed by atoms with Crippen LogP contribution in [0.4, 0.5) is 0 Å². The molecule has 1 nitrogen and oxygen atoms in total. The smallest absolute Gasteiger partial charge is 0.0598 e. The first-order valence-electron chi connectivity index (χ1n) is 20.3. The summed E-state index contributed by atoms with van der Waals surface area (Å²) in [5.74, 6) is 1.28. The molecule has 2 aliphatic rings. The predicted molar refractivity (Wildman–Crippen MR) is 239 cm³/mol. The molecule has 0 heterocycles. The van der Waals surface area contributed by atoms with Gasteiger partial charge in [0, 0.05) is 17.1 Å². The fourth-order valence-corrected chi connectivity index (χ4v) is 13.3. The van der Waals surface area contributed by atoms with Gasteiger partial charge in [0.25, 0.3) is 0 Å². The van der Waals surface area contributed by atoms with Gasteiger partial charge in [-0.05, 0) is 128 Å². The first-order valence-corrected chi connectivity index (χ1v) is 22.7. The molecule has 3 aromatic rings. The minimum absolute atomic E-state index is 0.0607. The minimum Gasteiger partial charge on any atom is -0.376 e. The van der Waals surface area contributed by atoms with Gasteiger partial charge in [-0.25, -0.2) is 10.0 Å². The maximum Gasteiger partial charge on any atom is 0.0598 e. The topological polar surface area (TPSA) is 9.23 Å². The van der Waals surface area contributed by atoms with E-state index < -0.39 is 10.0 Å². The number of allylic oxidation sites excluding steroid dienone is 5. The van der Waals surface area contributed by atoms with Crippen LogP contribution in [0.15, 0.2) is 102 Å². The Morgan fingerprint density at radius 2 is 1.30 bits per heavy atom. The van der Waals surface area contributed by atoms with E-state index in [1.807, 2.05) is 0 Å². The Morgan fingerprint density at radius 3 is 1.91 bits per heavy atom. The van der Waals surface area contributed by atoms with Gasteiger partial charge in [0.1, 0.15) is 0 Å². The van der Waals surface area contributed by atoms with Gasteiger partial charge in [0.05, 0.1) is 5.60 Å². The lowest BCUT2D eigenvalue weighted by molar-refractivity contribution is -0.00471. The van der Waals surface area contributed by atoms with E-state index in [-0.39, 0.29) is 16.4 Å². The van der Waals surface area contributed by atoms with Crippen LogP contribution in [0.5, 0.6) is 0 Å². The third kappa shape index (κ3) is 10.2. The van der Waals surface area contributed by atoms with Crippen LogP contribution in [0.25, 0.3) is 22.8 Å². The van der Waals surface area contributed by atoms with E-state index >= 15 is 0 Å². The number of unbranched alkanes of at least 4 members (excludes halogenated alkanes) is 3. The van der Waals surface area contributed by atoms with Gasteiger partial charge in [-0.2, -0.15) is 0 Å². The third-order valence-electron chi connectivity index (χ3n) is 11.5. The van der Waals surface area contributed by atoms with Crippen molar-refractivity contribution in [2.75, 3.05) is 18.6 Å². The molecule has 0 radical (unpaired) electrons. The normalized spacial score (nSPS) is 22.5. The molecule has 3 atom stereocenters. The standard InChI is InChI=1S/C51H70OS/c1-37-24-25-39(40-26-30-42(31-27-40)49(3,4)5)20-15-16-23-47(37)53(12,35-18-14-13-17-34-52-51(9,10)11)48-38(2)36-46-44(21-19-22-45(46)48)41-28-32-43(33-29-41)50(6,7)8/h15-16,19-22,24,26-33,36,47-48H,13-14,17-18,23,25,34-35H2,1-12H3/b16-15-,37-24-,39-20+. The van der Waals surface area contributed by atoms with E-state index in [2.05, 4.69) is 180 Å². The number of fused-ring (bicyclic) bond motifs is 1. The highest BCUT2D eigenvalue weighted by molar-refractivity contribution is 8.34. The van der Waals surface area contributed by atoms with Crippen molar-refractivity contribution in [3.8, 4) is 11.1 Å². The van der Waals surface area contributed by atoms with Crippen molar-refractivity contribution >= 4 is 21.7 Å². The second kappa shape index (κ2) is 16.7. The summed E-state index contributed by atoms with van der Waals surface area (Å²) in [5.41, 5.74) is 14.6. The molecule has 0 amide bonds. The van der Waals surface area contributed by atoms with E-state index in [1.165, 1.54) is 64.0 Å². The fraction of sp³-hybridized carbons (Fsp3) is 0.490. The van der Waals surface area contributed by atoms with Gasteiger partial charge < -0.3 is 4.74 Å². The lowest BCUT2D eigenvalue weighted by Gasteiger charge is -2.50. The van der Waals surface area contributed by atoms with Gasteiger partial charge in [-0.1, -0.05) is 163 Å². The quantitative estimate of drug-likeness (QED) is 0.141. The van der Waals surface area contributed by atoms with Crippen LogP contribution in [0.2, 0.25) is 0 Å². The van der Waals surface area contributed by atoms with Crippen LogP contribution < -0.4 is 0 Å². The summed E-state index contributed by atoms with van der Waals surface area (Å²) >= 11 is 0. The maximum atomic E-state index is 6.07. The Kier molecular flexibility index (Phi) is 13.0. The average molecular weight is 731 g/mol. The first kappa shape index (κ1) is 41.1. The summed E-state index contributed by atoms with van der Waals surface area (Å²) in [5, 5.41) is 0.975. The average Bonchev–Trinajstić information content (AvgIpc) is 3.48. The highest BCUT2D eigenvalue weighted by atomic mass is 32.3. The lowest BCUT2D eigenvalue weighted by Crippen LogP contribution is -2.27. The van der Waals surface area contributed by atoms with Gasteiger partial charge in [0.15, 0.2) is 0 Å². The molecule has 0 saturated carbocycles. The zero-order valence-electron chi connectivity index (χ0n) is 35.4. The van der Waals surface area contributed by atoms with Crippen LogP contribution >= 0.6 is 10.0 Å². The highest BCUT2D eigenvalue weighted by Gasteiger charge is 2.41. The van der Waals surface area contributed by atoms with Crippen molar-refractivity contribution in [2.45, 2.75) is 142 Å². The molecule has 0 N–H and O–H groups in total. The van der Waals surface area contributed by atoms with E-state index in [0.29, 0.717) is 10.5 Å². The summed E-state index contributed by atoms with van der Waals surface area (Å²) in [6.07, 6.45) is 22.0. The Hall–Kier alpha value is -3.07. The number of hydrogen-bond acceptors (Lipinski definition) is 1. The molecule has 53 heavy (non-hydrogen) atoms. The van der Waals surface area contributed by atoms with Crippen LogP contribution in [0.1, 0.15) is 148 Å². The maximum absolute atomic E-state index is 6.07. The molecule has 0 aromatic heterocycles. The molecule has 2 aliphatic carbocycles. The Morgan fingerprint density at radius 1 is 0.698 bits per heavy atom. The zero-order valence-corrected chi connectivity index (χ0v) is 36.2. The molecule has 0 bridgehead atoms. The SMILES string of the molecule is CC1=Cc2c(-c3ccc(C(C)(C)C)cc3)cccc2C1S(C)(CCCCCCOC(C)(C)C)C1C/C=C\C=C(\c2ccc(C(C)(C)C)cc2)C/C=C\1C. The summed E-state index contributed by atoms with van der Waals surface area (Å²) in [4.78, 5) is 0. The summed E-state index contributed by atoms with van der Waals surface area (Å²) in [6.45, 7) is 26.0. The Balaban J connectivity index is 1.46. The Labute approximate surface area is 326 Å². The summed E-state index contributed by atoms with van der Waals surface area (Å²) < 4.78 is 6.07. The van der Waals surface area contributed by atoms with Crippen molar-refractivity contribution in [2.24, 2.45) is 0 Å². The molecule has 0 aliphatic heterocycles. The van der Waals surface area contributed by atoms with Crippen molar-refractivity contribution in [3.05, 3.63) is 130 Å². The van der Waals surface area contributed by atoms with Crippen molar-refractivity contribution < 1.29 is 4.74 Å². The van der Waals surface area contributed by atoms with Gasteiger partial charge in [0.2, 0.25) is 0 Å². The van der Waals surface area contributed by atoms with Gasteiger partial charge in [-0.3, -0.25) is 0 Å². The molecule has 5 rings (SSSR count). The second-order valence-corrected chi connectivity index (χ2v) is 22.9. The number of ether oxygens (including phenoxy) is 1. The van der Waals surface area contributed by atoms with E-state index in [9.17, 15) is 0 Å². The fourth-order valence-electron chi connectivity index (χ4n) is 8.39. The number of hydrogen-bond donors (Lipinski definition) is 0. The van der Waals surface area contributed by atoms with Crippen LogP contribution in [-0.2, 0) is 15.6 Å². The molecule has 0 spiro atoms. The first-order chi connectivity index (χ1) is 24.9. The molecule has 286 valence electrons. The molecule has 3 aromatic carbocycles. The van der Waals surface area contributed by atoms with Crippen molar-refractivity contribution in [1.29, 1.82) is 0 Å². The lowest BCUT2D eigenvalue weighted by atomic mass is 9.86. The van der Waals surface area contributed by atoms with E-state index in [4.69, 9.17) is 4.74 Å². The largest absolute Gasteiger partial charge is 0.376 e. The Bertz CT molecular complexity index is 1810. The van der Waals surface area contributed by atoms with Crippen LogP contribution in [-0.4, -0.2) is 29.5 Å². The summed E-state index contributed by atoms with van der Waals surface area (Å²) in [7, 11) is -1.17. The molecule has 3 unspecified atom stereocenters.